The normalized spacial score (nSPS) is 16.9. The lowest BCUT2D eigenvalue weighted by Crippen LogP contribution is -2.39. The highest BCUT2D eigenvalue weighted by molar-refractivity contribution is 5.76. The van der Waals surface area contributed by atoms with Crippen LogP contribution in [-0.2, 0) is 16.1 Å². The van der Waals surface area contributed by atoms with Gasteiger partial charge in [0.1, 0.15) is 0 Å². The number of nitrogens with one attached hydrogen (secondary N) is 1. The summed E-state index contributed by atoms with van der Waals surface area (Å²) in [5.41, 5.74) is 0. The minimum absolute atomic E-state index is 0.0203. The first-order valence-corrected chi connectivity index (χ1v) is 5.82. The Morgan fingerprint density at radius 3 is 3.00 bits per heavy atom. The fraction of sp³-hybridized carbons (Fsp3) is 0.636. The van der Waals surface area contributed by atoms with E-state index in [0.29, 0.717) is 13.0 Å². The Balaban J connectivity index is 1.70. The molecule has 1 aliphatic rings. The maximum absolute atomic E-state index is 11.6. The summed E-state index contributed by atoms with van der Waals surface area (Å²) >= 11 is 0. The Morgan fingerprint density at radius 1 is 1.59 bits per heavy atom. The van der Waals surface area contributed by atoms with Crippen molar-refractivity contribution in [2.75, 3.05) is 13.2 Å². The van der Waals surface area contributed by atoms with E-state index < -0.39 is 0 Å². The van der Waals surface area contributed by atoms with Gasteiger partial charge in [0.05, 0.1) is 12.4 Å². The molecule has 17 heavy (non-hydrogen) atoms. The summed E-state index contributed by atoms with van der Waals surface area (Å²) in [4.78, 5) is 11.6. The van der Waals surface area contributed by atoms with Gasteiger partial charge in [-0.2, -0.15) is 5.10 Å². The molecule has 1 aromatic rings. The first-order chi connectivity index (χ1) is 8.24. The molecule has 6 nitrogen and oxygen atoms in total. The number of aromatic nitrogens is 2. The van der Waals surface area contributed by atoms with Gasteiger partial charge in [0.25, 0.3) is 0 Å². The number of rotatable bonds is 4. The molecule has 0 unspecified atom stereocenters. The molecule has 6 heteroatoms. The van der Waals surface area contributed by atoms with Gasteiger partial charge in [0.2, 0.25) is 5.91 Å². The van der Waals surface area contributed by atoms with Gasteiger partial charge in [-0.3, -0.25) is 9.48 Å². The van der Waals surface area contributed by atoms with Crippen LogP contribution in [0, 0.1) is 0 Å². The van der Waals surface area contributed by atoms with Crippen molar-refractivity contribution in [3.63, 3.8) is 0 Å². The van der Waals surface area contributed by atoms with Crippen molar-refractivity contribution in [3.05, 3.63) is 12.4 Å². The molecule has 0 spiro atoms. The Bertz CT molecular complexity index is 372. The van der Waals surface area contributed by atoms with E-state index in [-0.39, 0.29) is 17.7 Å². The number of carbonyl (C=O) groups is 1. The smallest absolute Gasteiger partial charge is 0.222 e. The zero-order valence-electron chi connectivity index (χ0n) is 9.63. The summed E-state index contributed by atoms with van der Waals surface area (Å²) < 4.78 is 6.77. The van der Waals surface area contributed by atoms with Crippen molar-refractivity contribution in [1.82, 2.24) is 15.1 Å². The Morgan fingerprint density at radius 2 is 2.35 bits per heavy atom. The fourth-order valence-corrected chi connectivity index (χ4v) is 1.83. The fourth-order valence-electron chi connectivity index (χ4n) is 1.83. The Kier molecular flexibility index (Phi) is 3.98. The average Bonchev–Trinajstić information content (AvgIpc) is 2.74. The maximum atomic E-state index is 11.6. The molecule has 0 atom stereocenters. The van der Waals surface area contributed by atoms with E-state index in [1.165, 1.54) is 12.4 Å². The monoisotopic (exact) mass is 239 g/mol. The predicted octanol–water partition coefficient (Wildman–Crippen LogP) is 0.274. The van der Waals surface area contributed by atoms with Crippen LogP contribution in [-0.4, -0.2) is 40.0 Å². The number of aromatic hydroxyl groups is 1. The second-order valence-electron chi connectivity index (χ2n) is 4.17. The molecule has 0 radical (unpaired) electrons. The van der Waals surface area contributed by atoms with Crippen LogP contribution >= 0.6 is 0 Å². The van der Waals surface area contributed by atoms with E-state index in [9.17, 15) is 4.79 Å². The third kappa shape index (κ3) is 3.74. The van der Waals surface area contributed by atoms with Gasteiger partial charge in [-0.25, -0.2) is 0 Å². The first kappa shape index (κ1) is 11.9. The van der Waals surface area contributed by atoms with Crippen LogP contribution in [0.25, 0.3) is 0 Å². The second-order valence-corrected chi connectivity index (χ2v) is 4.17. The van der Waals surface area contributed by atoms with Crippen LogP contribution in [0.3, 0.4) is 0 Å². The summed E-state index contributed by atoms with van der Waals surface area (Å²) in [6, 6.07) is 0.238. The van der Waals surface area contributed by atoms with E-state index in [1.54, 1.807) is 4.68 Å². The number of amides is 1. The second kappa shape index (κ2) is 5.67. The molecule has 1 aliphatic heterocycles. The number of hydrogen-bond donors (Lipinski definition) is 2. The van der Waals surface area contributed by atoms with Gasteiger partial charge in [0.15, 0.2) is 5.75 Å². The van der Waals surface area contributed by atoms with Gasteiger partial charge in [0, 0.05) is 32.2 Å². The highest BCUT2D eigenvalue weighted by Crippen LogP contribution is 2.07. The van der Waals surface area contributed by atoms with Crippen molar-refractivity contribution in [1.29, 1.82) is 0 Å². The predicted molar refractivity (Wildman–Crippen MR) is 60.5 cm³/mol. The molecular weight excluding hydrogens is 222 g/mol. The van der Waals surface area contributed by atoms with E-state index >= 15 is 0 Å². The van der Waals surface area contributed by atoms with Gasteiger partial charge in [-0.15, -0.1) is 0 Å². The lowest BCUT2D eigenvalue weighted by molar-refractivity contribution is -0.122. The van der Waals surface area contributed by atoms with Gasteiger partial charge in [-0.05, 0) is 12.8 Å². The van der Waals surface area contributed by atoms with Crippen molar-refractivity contribution >= 4 is 5.91 Å². The van der Waals surface area contributed by atoms with Crippen molar-refractivity contribution in [2.24, 2.45) is 0 Å². The molecule has 1 amide bonds. The minimum Gasteiger partial charge on any atom is -0.505 e. The molecule has 2 rings (SSSR count). The van der Waals surface area contributed by atoms with Crippen LogP contribution in [0.5, 0.6) is 5.75 Å². The van der Waals surface area contributed by atoms with Crippen LogP contribution in [0.2, 0.25) is 0 Å². The minimum atomic E-state index is 0.0203. The molecule has 0 bridgehead atoms. The van der Waals surface area contributed by atoms with E-state index in [4.69, 9.17) is 9.84 Å². The van der Waals surface area contributed by atoms with E-state index in [0.717, 1.165) is 26.1 Å². The van der Waals surface area contributed by atoms with E-state index in [1.807, 2.05) is 0 Å². The summed E-state index contributed by atoms with van der Waals surface area (Å²) in [7, 11) is 0. The third-order valence-corrected chi connectivity index (χ3v) is 2.77. The topological polar surface area (TPSA) is 76.4 Å². The maximum Gasteiger partial charge on any atom is 0.222 e. The lowest BCUT2D eigenvalue weighted by Gasteiger charge is -2.23. The van der Waals surface area contributed by atoms with Crippen LogP contribution in [0.15, 0.2) is 12.4 Å². The molecule has 1 fully saturated rings. The molecule has 0 aromatic carbocycles. The summed E-state index contributed by atoms with van der Waals surface area (Å²) in [5.74, 6) is 0.140. The standard InChI is InChI=1S/C11H17N3O3/c15-10-7-12-14(8-10)4-1-11(16)13-9-2-5-17-6-3-9/h7-9,15H,1-6H2,(H,13,16). The molecular formula is C11H17N3O3. The SMILES string of the molecule is O=C(CCn1cc(O)cn1)NC1CCOCC1. The Labute approximate surface area is 99.6 Å². The summed E-state index contributed by atoms with van der Waals surface area (Å²) in [5, 5.41) is 16.0. The third-order valence-electron chi connectivity index (χ3n) is 2.77. The lowest BCUT2D eigenvalue weighted by atomic mass is 10.1. The van der Waals surface area contributed by atoms with Crippen LogP contribution in [0.4, 0.5) is 0 Å². The number of aryl methyl sites for hydroxylation is 1. The number of carbonyl (C=O) groups excluding carboxylic acids is 1. The van der Waals surface area contributed by atoms with E-state index in [2.05, 4.69) is 10.4 Å². The first-order valence-electron chi connectivity index (χ1n) is 5.82. The van der Waals surface area contributed by atoms with Crippen LogP contribution < -0.4 is 5.32 Å². The van der Waals surface area contributed by atoms with Gasteiger partial charge >= 0.3 is 0 Å². The Hall–Kier alpha value is -1.56. The van der Waals surface area contributed by atoms with Crippen LogP contribution in [0.1, 0.15) is 19.3 Å². The molecule has 2 N–H and O–H groups in total. The zero-order valence-corrected chi connectivity index (χ0v) is 9.63. The molecule has 1 aromatic heterocycles. The highest BCUT2D eigenvalue weighted by Gasteiger charge is 2.15. The zero-order chi connectivity index (χ0) is 12.1. The summed E-state index contributed by atoms with van der Waals surface area (Å²) in [6.45, 7) is 1.92. The quantitative estimate of drug-likeness (QED) is 0.791. The van der Waals surface area contributed by atoms with Crippen molar-refractivity contribution in [3.8, 4) is 5.75 Å². The number of hydrogen-bond acceptors (Lipinski definition) is 4. The highest BCUT2D eigenvalue weighted by atomic mass is 16.5. The van der Waals surface area contributed by atoms with Crippen molar-refractivity contribution < 1.29 is 14.6 Å². The molecule has 1 saturated heterocycles. The van der Waals surface area contributed by atoms with Gasteiger partial charge < -0.3 is 15.2 Å². The van der Waals surface area contributed by atoms with Gasteiger partial charge in [-0.1, -0.05) is 0 Å². The molecule has 2 heterocycles. The summed E-state index contributed by atoms with van der Waals surface area (Å²) in [6.07, 6.45) is 5.00. The largest absolute Gasteiger partial charge is 0.505 e. The molecule has 0 saturated carbocycles. The number of ether oxygens (including phenoxy) is 1. The average molecular weight is 239 g/mol. The number of nitrogens with zero attached hydrogens (tertiary/aromatic N) is 2. The van der Waals surface area contributed by atoms with Crippen molar-refractivity contribution in [2.45, 2.75) is 31.8 Å². The molecule has 0 aliphatic carbocycles. The molecule has 94 valence electrons.